The zero-order valence-electron chi connectivity index (χ0n) is 9.22. The maximum atomic E-state index is 13.6. The first kappa shape index (κ1) is 11.9. The minimum absolute atomic E-state index is 0.00836. The van der Waals surface area contributed by atoms with Crippen molar-refractivity contribution in [3.63, 3.8) is 0 Å². The number of hydrogen-bond acceptors (Lipinski definition) is 2. The fourth-order valence-corrected chi connectivity index (χ4v) is 1.29. The van der Waals surface area contributed by atoms with Gasteiger partial charge in [0.2, 0.25) is 0 Å². The van der Waals surface area contributed by atoms with Crippen LogP contribution in [0.2, 0.25) is 0 Å². The summed E-state index contributed by atoms with van der Waals surface area (Å²) in [6, 6.07) is 3.19. The molecular weight excluding hydrogens is 198 g/mol. The topological polar surface area (TPSA) is 29.3 Å². The summed E-state index contributed by atoms with van der Waals surface area (Å²) in [5, 5.41) is 0. The van der Waals surface area contributed by atoms with Gasteiger partial charge in [-0.1, -0.05) is 6.07 Å². The van der Waals surface area contributed by atoms with Crippen molar-refractivity contribution in [2.75, 3.05) is 11.9 Å². The standard InChI is InChI=1S/C11H16F2N2/c1-7(2)15(3)9-5-4-8(6-14)10(12)11(9)13/h4-5,7H,6,14H2,1-3H3. The van der Waals surface area contributed by atoms with Crippen LogP contribution in [0.1, 0.15) is 19.4 Å². The molecule has 1 aromatic carbocycles. The van der Waals surface area contributed by atoms with Crippen molar-refractivity contribution in [3.8, 4) is 0 Å². The van der Waals surface area contributed by atoms with Crippen molar-refractivity contribution >= 4 is 5.69 Å². The molecule has 0 saturated heterocycles. The number of nitrogens with zero attached hydrogens (tertiary/aromatic N) is 1. The summed E-state index contributed by atoms with van der Waals surface area (Å²) in [6.45, 7) is 3.83. The Hall–Kier alpha value is -1.16. The molecular formula is C11H16F2N2. The summed E-state index contributed by atoms with van der Waals surface area (Å²) < 4.78 is 27.0. The third-order valence-electron chi connectivity index (χ3n) is 2.52. The van der Waals surface area contributed by atoms with Gasteiger partial charge < -0.3 is 10.6 Å². The second-order valence-electron chi connectivity index (χ2n) is 3.78. The molecule has 1 aromatic rings. The second-order valence-corrected chi connectivity index (χ2v) is 3.78. The van der Waals surface area contributed by atoms with E-state index in [2.05, 4.69) is 0 Å². The van der Waals surface area contributed by atoms with E-state index < -0.39 is 11.6 Å². The van der Waals surface area contributed by atoms with Crippen LogP contribution >= 0.6 is 0 Å². The Morgan fingerprint density at radius 2 is 1.87 bits per heavy atom. The molecule has 0 amide bonds. The number of anilines is 1. The maximum absolute atomic E-state index is 13.6. The van der Waals surface area contributed by atoms with E-state index in [1.807, 2.05) is 13.8 Å². The molecule has 15 heavy (non-hydrogen) atoms. The monoisotopic (exact) mass is 214 g/mol. The van der Waals surface area contributed by atoms with Crippen LogP contribution in [0.15, 0.2) is 12.1 Å². The van der Waals surface area contributed by atoms with E-state index in [4.69, 9.17) is 5.73 Å². The highest BCUT2D eigenvalue weighted by atomic mass is 19.2. The number of rotatable bonds is 3. The molecule has 0 aliphatic rings. The summed E-state index contributed by atoms with van der Waals surface area (Å²) >= 11 is 0. The molecule has 0 aliphatic carbocycles. The number of hydrogen-bond donors (Lipinski definition) is 1. The molecule has 0 aromatic heterocycles. The molecule has 0 heterocycles. The molecule has 2 nitrogen and oxygen atoms in total. The lowest BCUT2D eigenvalue weighted by Crippen LogP contribution is -2.27. The number of benzene rings is 1. The van der Waals surface area contributed by atoms with Crippen LogP contribution in [0.5, 0.6) is 0 Å². The number of nitrogens with two attached hydrogens (primary N) is 1. The van der Waals surface area contributed by atoms with Crippen LogP contribution in [-0.4, -0.2) is 13.1 Å². The molecule has 0 fully saturated rings. The third-order valence-corrected chi connectivity index (χ3v) is 2.52. The van der Waals surface area contributed by atoms with E-state index in [9.17, 15) is 8.78 Å². The van der Waals surface area contributed by atoms with E-state index in [0.29, 0.717) is 0 Å². The van der Waals surface area contributed by atoms with Crippen LogP contribution in [0.3, 0.4) is 0 Å². The molecule has 0 spiro atoms. The van der Waals surface area contributed by atoms with E-state index >= 15 is 0 Å². The minimum Gasteiger partial charge on any atom is -0.370 e. The fraction of sp³-hybridized carbons (Fsp3) is 0.455. The molecule has 0 radical (unpaired) electrons. The molecule has 84 valence electrons. The Kier molecular flexibility index (Phi) is 3.63. The summed E-state index contributed by atoms with van der Waals surface area (Å²) in [4.78, 5) is 1.68. The van der Waals surface area contributed by atoms with Crippen molar-refractivity contribution in [2.45, 2.75) is 26.4 Å². The van der Waals surface area contributed by atoms with Gasteiger partial charge in [-0.15, -0.1) is 0 Å². The van der Waals surface area contributed by atoms with E-state index in [0.717, 1.165) is 0 Å². The summed E-state index contributed by atoms with van der Waals surface area (Å²) in [5.74, 6) is -1.67. The average Bonchev–Trinajstić information content (AvgIpc) is 2.21. The van der Waals surface area contributed by atoms with Crippen LogP contribution in [0.4, 0.5) is 14.5 Å². The van der Waals surface area contributed by atoms with Crippen molar-refractivity contribution in [3.05, 3.63) is 29.3 Å². The van der Waals surface area contributed by atoms with Gasteiger partial charge in [0.1, 0.15) is 0 Å². The van der Waals surface area contributed by atoms with Gasteiger partial charge in [-0.3, -0.25) is 0 Å². The van der Waals surface area contributed by atoms with Crippen LogP contribution in [0, 0.1) is 11.6 Å². The lowest BCUT2D eigenvalue weighted by molar-refractivity contribution is 0.496. The average molecular weight is 214 g/mol. The zero-order valence-corrected chi connectivity index (χ0v) is 9.22. The predicted molar refractivity (Wildman–Crippen MR) is 57.8 cm³/mol. The zero-order chi connectivity index (χ0) is 11.6. The van der Waals surface area contributed by atoms with E-state index in [-0.39, 0.29) is 23.8 Å². The van der Waals surface area contributed by atoms with Gasteiger partial charge in [-0.25, -0.2) is 8.78 Å². The molecule has 0 bridgehead atoms. The van der Waals surface area contributed by atoms with E-state index in [1.54, 1.807) is 18.0 Å². The van der Waals surface area contributed by atoms with Crippen LogP contribution < -0.4 is 10.6 Å². The fourth-order valence-electron chi connectivity index (χ4n) is 1.29. The Morgan fingerprint density at radius 1 is 1.27 bits per heavy atom. The van der Waals surface area contributed by atoms with Gasteiger partial charge in [-0.2, -0.15) is 0 Å². The normalized spacial score (nSPS) is 10.9. The van der Waals surface area contributed by atoms with Crippen LogP contribution in [0.25, 0.3) is 0 Å². The Balaban J connectivity index is 3.17. The van der Waals surface area contributed by atoms with Crippen molar-refractivity contribution in [1.29, 1.82) is 0 Å². The van der Waals surface area contributed by atoms with Crippen molar-refractivity contribution in [1.82, 2.24) is 0 Å². The van der Waals surface area contributed by atoms with Gasteiger partial charge in [-0.05, 0) is 19.9 Å². The lowest BCUT2D eigenvalue weighted by atomic mass is 10.1. The molecule has 0 unspecified atom stereocenters. The second kappa shape index (κ2) is 4.57. The first-order valence-electron chi connectivity index (χ1n) is 4.88. The Labute approximate surface area is 88.7 Å². The summed E-state index contributed by atoms with van der Waals surface area (Å²) in [6.07, 6.45) is 0. The van der Waals surface area contributed by atoms with Gasteiger partial charge in [0.25, 0.3) is 0 Å². The van der Waals surface area contributed by atoms with Crippen molar-refractivity contribution < 1.29 is 8.78 Å². The summed E-state index contributed by atoms with van der Waals surface area (Å²) in [5.41, 5.74) is 5.75. The van der Waals surface area contributed by atoms with Crippen LogP contribution in [-0.2, 0) is 6.54 Å². The Morgan fingerprint density at radius 3 is 2.33 bits per heavy atom. The third kappa shape index (κ3) is 2.26. The SMILES string of the molecule is CC(C)N(C)c1ccc(CN)c(F)c1F. The molecule has 0 atom stereocenters. The lowest BCUT2D eigenvalue weighted by Gasteiger charge is -2.24. The highest BCUT2D eigenvalue weighted by Crippen LogP contribution is 2.24. The molecule has 1 rings (SSSR count). The van der Waals surface area contributed by atoms with Gasteiger partial charge in [0, 0.05) is 25.2 Å². The van der Waals surface area contributed by atoms with Crippen molar-refractivity contribution in [2.24, 2.45) is 5.73 Å². The van der Waals surface area contributed by atoms with Gasteiger partial charge in [0.05, 0.1) is 5.69 Å². The Bertz CT molecular complexity index is 351. The molecule has 0 aliphatic heterocycles. The van der Waals surface area contributed by atoms with Gasteiger partial charge >= 0.3 is 0 Å². The molecule has 0 saturated carbocycles. The maximum Gasteiger partial charge on any atom is 0.182 e. The predicted octanol–water partition coefficient (Wildman–Crippen LogP) is 2.27. The summed E-state index contributed by atoms with van der Waals surface area (Å²) in [7, 11) is 1.73. The van der Waals surface area contributed by atoms with E-state index in [1.165, 1.54) is 6.07 Å². The highest BCUT2D eigenvalue weighted by Gasteiger charge is 2.16. The number of halogens is 2. The largest absolute Gasteiger partial charge is 0.370 e. The first-order valence-corrected chi connectivity index (χ1v) is 4.88. The first-order chi connectivity index (χ1) is 6.99. The minimum atomic E-state index is -0.845. The smallest absolute Gasteiger partial charge is 0.182 e. The molecule has 2 N–H and O–H groups in total. The van der Waals surface area contributed by atoms with Gasteiger partial charge in [0.15, 0.2) is 11.6 Å². The quantitative estimate of drug-likeness (QED) is 0.836. The molecule has 4 heteroatoms. The highest BCUT2D eigenvalue weighted by molar-refractivity contribution is 5.49.